The van der Waals surface area contributed by atoms with Gasteiger partial charge in [0.25, 0.3) is 0 Å². The molecule has 0 aliphatic carbocycles. The van der Waals surface area contributed by atoms with Crippen molar-refractivity contribution in [2.75, 3.05) is 0 Å². The zero-order valence-electron chi connectivity index (χ0n) is 9.97. The molecule has 0 unspecified atom stereocenters. The van der Waals surface area contributed by atoms with Crippen molar-refractivity contribution in [2.45, 2.75) is 26.4 Å². The van der Waals surface area contributed by atoms with Gasteiger partial charge in [-0.2, -0.15) is 0 Å². The Balaban J connectivity index is 2.12. The number of nitrogens with one attached hydrogen (secondary N) is 1. The first kappa shape index (κ1) is 10.7. The van der Waals surface area contributed by atoms with Gasteiger partial charge in [-0.3, -0.25) is 4.40 Å². The number of rotatable bonds is 3. The average Bonchev–Trinajstić information content (AvgIpc) is 2.84. The molecule has 0 saturated carbocycles. The Kier molecular flexibility index (Phi) is 2.61. The monoisotopic (exact) mass is 245 g/mol. The van der Waals surface area contributed by atoms with Crippen LogP contribution >= 0.6 is 11.3 Å². The molecule has 0 atom stereocenters. The summed E-state index contributed by atoms with van der Waals surface area (Å²) in [7, 11) is 0. The fourth-order valence-electron chi connectivity index (χ4n) is 1.96. The van der Waals surface area contributed by atoms with E-state index in [1.54, 1.807) is 11.3 Å². The fourth-order valence-corrected chi connectivity index (χ4v) is 2.87. The Labute approximate surface area is 104 Å². The Bertz CT molecular complexity index is 651. The van der Waals surface area contributed by atoms with Crippen LogP contribution in [0.25, 0.3) is 16.0 Å². The van der Waals surface area contributed by atoms with Gasteiger partial charge in [-0.1, -0.05) is 26.0 Å². The van der Waals surface area contributed by atoms with E-state index in [0.29, 0.717) is 6.04 Å². The van der Waals surface area contributed by atoms with Gasteiger partial charge < -0.3 is 5.32 Å². The number of imidazole rings is 1. The van der Waals surface area contributed by atoms with E-state index in [2.05, 4.69) is 52.1 Å². The van der Waals surface area contributed by atoms with E-state index in [9.17, 15) is 0 Å². The summed E-state index contributed by atoms with van der Waals surface area (Å²) in [5.74, 6) is 0. The molecule has 0 radical (unpaired) electrons. The van der Waals surface area contributed by atoms with Crippen LogP contribution in [0.5, 0.6) is 0 Å². The van der Waals surface area contributed by atoms with Gasteiger partial charge in [0.2, 0.25) is 0 Å². The van der Waals surface area contributed by atoms with Crippen molar-refractivity contribution in [1.29, 1.82) is 0 Å². The Hall–Kier alpha value is -1.39. The molecule has 0 amide bonds. The Morgan fingerprint density at radius 1 is 1.35 bits per heavy atom. The van der Waals surface area contributed by atoms with Crippen LogP contribution < -0.4 is 5.32 Å². The van der Waals surface area contributed by atoms with E-state index >= 15 is 0 Å². The van der Waals surface area contributed by atoms with Crippen LogP contribution in [0, 0.1) is 0 Å². The normalized spacial score (nSPS) is 11.9. The van der Waals surface area contributed by atoms with Gasteiger partial charge in [0.15, 0.2) is 4.96 Å². The van der Waals surface area contributed by atoms with Gasteiger partial charge in [-0.15, -0.1) is 11.3 Å². The second kappa shape index (κ2) is 4.13. The molecule has 0 fully saturated rings. The summed E-state index contributed by atoms with van der Waals surface area (Å²) in [6, 6.07) is 8.79. The van der Waals surface area contributed by atoms with Crippen LogP contribution in [0.4, 0.5) is 0 Å². The van der Waals surface area contributed by atoms with Crippen molar-refractivity contribution in [3.8, 4) is 0 Å². The molecule has 0 aliphatic rings. The molecule has 0 bridgehead atoms. The summed E-state index contributed by atoms with van der Waals surface area (Å²) in [6.07, 6.45) is 0. The predicted octanol–water partition coefficient (Wildman–Crippen LogP) is 3.05. The molecule has 17 heavy (non-hydrogen) atoms. The zero-order chi connectivity index (χ0) is 11.8. The third-order valence-corrected chi connectivity index (χ3v) is 3.68. The number of fused-ring (bicyclic) bond motifs is 3. The summed E-state index contributed by atoms with van der Waals surface area (Å²) in [5, 5.41) is 5.64. The van der Waals surface area contributed by atoms with Crippen molar-refractivity contribution in [1.82, 2.24) is 14.7 Å². The Morgan fingerprint density at radius 2 is 2.18 bits per heavy atom. The average molecular weight is 245 g/mol. The van der Waals surface area contributed by atoms with Crippen molar-refractivity contribution in [2.24, 2.45) is 0 Å². The molecule has 3 rings (SSSR count). The smallest absolute Gasteiger partial charge is 0.194 e. The number of aromatic nitrogens is 2. The summed E-state index contributed by atoms with van der Waals surface area (Å²) < 4.78 is 2.25. The molecule has 2 heterocycles. The zero-order valence-corrected chi connectivity index (χ0v) is 10.8. The van der Waals surface area contributed by atoms with E-state index in [4.69, 9.17) is 0 Å². The highest BCUT2D eigenvalue weighted by atomic mass is 32.1. The lowest BCUT2D eigenvalue weighted by Crippen LogP contribution is -2.22. The minimum absolute atomic E-state index is 0.500. The van der Waals surface area contributed by atoms with Crippen LogP contribution in [0.3, 0.4) is 0 Å². The highest BCUT2D eigenvalue weighted by molar-refractivity contribution is 7.15. The summed E-state index contributed by atoms with van der Waals surface area (Å²) in [4.78, 5) is 5.69. The highest BCUT2D eigenvalue weighted by Crippen LogP contribution is 2.23. The lowest BCUT2D eigenvalue weighted by atomic mass is 10.3. The molecule has 3 nitrogen and oxygen atoms in total. The van der Waals surface area contributed by atoms with E-state index < -0.39 is 0 Å². The molecular formula is C13H15N3S. The van der Waals surface area contributed by atoms with Gasteiger partial charge in [0.1, 0.15) is 0 Å². The number of para-hydroxylation sites is 2. The first-order chi connectivity index (χ1) is 8.25. The predicted molar refractivity (Wildman–Crippen MR) is 72.6 cm³/mol. The van der Waals surface area contributed by atoms with Gasteiger partial charge in [0, 0.05) is 23.7 Å². The van der Waals surface area contributed by atoms with Gasteiger partial charge in [0.05, 0.1) is 11.0 Å². The second-order valence-corrected chi connectivity index (χ2v) is 5.32. The topological polar surface area (TPSA) is 29.3 Å². The molecule has 1 N–H and O–H groups in total. The molecule has 0 spiro atoms. The van der Waals surface area contributed by atoms with E-state index in [-0.39, 0.29) is 0 Å². The maximum absolute atomic E-state index is 4.62. The molecule has 1 aromatic carbocycles. The molecule has 88 valence electrons. The second-order valence-electron chi connectivity index (χ2n) is 4.48. The number of hydrogen-bond acceptors (Lipinski definition) is 3. The first-order valence-electron chi connectivity index (χ1n) is 5.82. The van der Waals surface area contributed by atoms with E-state index in [1.807, 2.05) is 6.07 Å². The standard InChI is InChI=1S/C13H15N3S/c1-9(2)14-7-10-8-17-13-15-11-5-3-4-6-12(11)16(10)13/h3-6,8-9,14H,7H2,1-2H3. The molecule has 2 aromatic heterocycles. The molecule has 0 saturated heterocycles. The summed E-state index contributed by atoms with van der Waals surface area (Å²) in [5.41, 5.74) is 3.56. The summed E-state index contributed by atoms with van der Waals surface area (Å²) >= 11 is 1.70. The first-order valence-corrected chi connectivity index (χ1v) is 6.70. The van der Waals surface area contributed by atoms with Gasteiger partial charge in [-0.25, -0.2) is 4.98 Å². The van der Waals surface area contributed by atoms with Crippen molar-refractivity contribution in [3.63, 3.8) is 0 Å². The number of thiazole rings is 1. The quantitative estimate of drug-likeness (QED) is 0.768. The molecule has 3 aromatic rings. The maximum Gasteiger partial charge on any atom is 0.194 e. The maximum atomic E-state index is 4.62. The van der Waals surface area contributed by atoms with Crippen LogP contribution in [0.1, 0.15) is 19.5 Å². The third-order valence-electron chi connectivity index (χ3n) is 2.81. The molecule has 0 aliphatic heterocycles. The highest BCUT2D eigenvalue weighted by Gasteiger charge is 2.09. The van der Waals surface area contributed by atoms with Crippen molar-refractivity contribution < 1.29 is 0 Å². The lowest BCUT2D eigenvalue weighted by Gasteiger charge is -2.07. The molecular weight excluding hydrogens is 230 g/mol. The molecule has 4 heteroatoms. The SMILES string of the molecule is CC(C)NCc1csc2nc3ccccc3n12. The Morgan fingerprint density at radius 3 is 3.00 bits per heavy atom. The third kappa shape index (κ3) is 1.83. The van der Waals surface area contributed by atoms with Crippen LogP contribution in [-0.2, 0) is 6.54 Å². The van der Waals surface area contributed by atoms with Gasteiger partial charge >= 0.3 is 0 Å². The van der Waals surface area contributed by atoms with Crippen LogP contribution in [0.2, 0.25) is 0 Å². The lowest BCUT2D eigenvalue weighted by molar-refractivity contribution is 0.581. The van der Waals surface area contributed by atoms with E-state index in [0.717, 1.165) is 17.0 Å². The minimum atomic E-state index is 0.500. The van der Waals surface area contributed by atoms with Crippen molar-refractivity contribution >= 4 is 27.3 Å². The number of benzene rings is 1. The summed E-state index contributed by atoms with van der Waals surface area (Å²) in [6.45, 7) is 5.21. The minimum Gasteiger partial charge on any atom is -0.309 e. The number of nitrogens with zero attached hydrogens (tertiary/aromatic N) is 2. The van der Waals surface area contributed by atoms with Crippen molar-refractivity contribution in [3.05, 3.63) is 35.3 Å². The van der Waals surface area contributed by atoms with Crippen LogP contribution in [0.15, 0.2) is 29.6 Å². The van der Waals surface area contributed by atoms with Crippen LogP contribution in [-0.4, -0.2) is 15.4 Å². The number of hydrogen-bond donors (Lipinski definition) is 1. The van der Waals surface area contributed by atoms with E-state index in [1.165, 1.54) is 11.2 Å². The largest absolute Gasteiger partial charge is 0.309 e. The fraction of sp³-hybridized carbons (Fsp3) is 0.308. The van der Waals surface area contributed by atoms with Gasteiger partial charge in [-0.05, 0) is 12.1 Å².